The van der Waals surface area contributed by atoms with Crippen molar-refractivity contribution in [1.82, 2.24) is 25.9 Å². The minimum atomic E-state index is -4.76. The van der Waals surface area contributed by atoms with E-state index in [9.17, 15) is 27.6 Å². The summed E-state index contributed by atoms with van der Waals surface area (Å²) in [5, 5.41) is 7.98. The van der Waals surface area contributed by atoms with E-state index in [2.05, 4.69) is 25.9 Å². The van der Waals surface area contributed by atoms with Crippen LogP contribution in [0, 0.1) is 5.92 Å². The van der Waals surface area contributed by atoms with E-state index in [0.717, 1.165) is 44.4 Å². The molecule has 1 aliphatic rings. The molecule has 0 radical (unpaired) electrons. The number of rotatable bonds is 8. The third-order valence-corrected chi connectivity index (χ3v) is 6.57. The normalized spacial score (nSPS) is 14.9. The highest BCUT2D eigenvalue weighted by molar-refractivity contribution is 5.96. The zero-order valence-corrected chi connectivity index (χ0v) is 21.2. The number of carbonyl (C=O) groups excluding carboxylic acids is 3. The van der Waals surface area contributed by atoms with Crippen LogP contribution in [0.15, 0.2) is 53.1 Å². The second-order valence-electron chi connectivity index (χ2n) is 9.27. The van der Waals surface area contributed by atoms with Crippen molar-refractivity contribution in [3.8, 4) is 11.3 Å². The fourth-order valence-electron chi connectivity index (χ4n) is 4.58. The molecule has 0 unspecified atom stereocenters. The molecule has 1 atom stereocenters. The lowest BCUT2D eigenvalue weighted by Crippen LogP contribution is -2.50. The number of nitrogens with zero attached hydrogens (tertiary/aromatic N) is 2. The lowest BCUT2D eigenvalue weighted by molar-refractivity contribution is -0.145. The Labute approximate surface area is 222 Å². The summed E-state index contributed by atoms with van der Waals surface area (Å²) in [7, 11) is 1.54. The number of hydrogen-bond acceptors (Lipinski definition) is 6. The molecule has 0 aliphatic heterocycles. The Kier molecular flexibility index (Phi) is 8.62. The van der Waals surface area contributed by atoms with Crippen LogP contribution < -0.4 is 16.0 Å². The summed E-state index contributed by atoms with van der Waals surface area (Å²) in [5.41, 5.74) is 0.862. The molecule has 4 rings (SSSR count). The molecule has 0 bridgehead atoms. The van der Waals surface area contributed by atoms with Crippen LogP contribution in [0.5, 0.6) is 0 Å². The Balaban J connectivity index is 1.41. The van der Waals surface area contributed by atoms with Crippen molar-refractivity contribution in [1.29, 1.82) is 0 Å². The highest BCUT2D eigenvalue weighted by Crippen LogP contribution is 2.28. The van der Waals surface area contributed by atoms with Gasteiger partial charge in [-0.2, -0.15) is 13.2 Å². The largest absolute Gasteiger partial charge is 0.451 e. The Morgan fingerprint density at radius 2 is 1.82 bits per heavy atom. The maximum Gasteiger partial charge on any atom is 0.451 e. The van der Waals surface area contributed by atoms with Crippen molar-refractivity contribution in [2.24, 2.45) is 5.92 Å². The van der Waals surface area contributed by atoms with Gasteiger partial charge in [-0.3, -0.25) is 14.4 Å². The minimum Gasteiger partial charge on any atom is -0.451 e. The van der Waals surface area contributed by atoms with Crippen LogP contribution in [0.2, 0.25) is 0 Å². The number of alkyl halides is 3. The fourth-order valence-corrected chi connectivity index (χ4v) is 4.58. The first-order valence-corrected chi connectivity index (χ1v) is 12.6. The fraction of sp³-hybridized carbons (Fsp3) is 0.370. The van der Waals surface area contributed by atoms with Gasteiger partial charge in [0.2, 0.25) is 11.7 Å². The lowest BCUT2D eigenvalue weighted by atomic mass is 9.83. The molecule has 39 heavy (non-hydrogen) atoms. The second kappa shape index (κ2) is 12.1. The van der Waals surface area contributed by atoms with Gasteiger partial charge >= 0.3 is 6.18 Å². The van der Waals surface area contributed by atoms with Gasteiger partial charge in [-0.05, 0) is 48.6 Å². The van der Waals surface area contributed by atoms with E-state index in [4.69, 9.17) is 4.42 Å². The summed E-state index contributed by atoms with van der Waals surface area (Å²) in [5.74, 6) is -2.40. The van der Waals surface area contributed by atoms with Gasteiger partial charge in [0, 0.05) is 25.4 Å². The van der Waals surface area contributed by atoms with Gasteiger partial charge in [0.1, 0.15) is 17.5 Å². The first-order chi connectivity index (χ1) is 18.7. The van der Waals surface area contributed by atoms with E-state index in [-0.39, 0.29) is 24.1 Å². The van der Waals surface area contributed by atoms with Crippen LogP contribution in [0.25, 0.3) is 11.3 Å². The van der Waals surface area contributed by atoms with Crippen LogP contribution >= 0.6 is 0 Å². The standard InChI is InChI=1S/C27H28F3N5O4/c1-31-25(38)22(17-7-3-2-4-8-17)35-24(37)21-11-10-20(39-21)18-9-5-6-16(14-18)15-33-23(36)19-12-13-32-26(34-19)27(28,29)30/h5-6,9-14,17,22H,2-4,7-8,15H2,1H3,(H,31,38)(H,33,36)(H,35,37)/t22-/m0/s1. The molecule has 1 aliphatic carbocycles. The van der Waals surface area contributed by atoms with Crippen molar-refractivity contribution in [3.63, 3.8) is 0 Å². The molecular weight excluding hydrogens is 515 g/mol. The predicted octanol–water partition coefficient (Wildman–Crippen LogP) is 4.11. The van der Waals surface area contributed by atoms with Crippen LogP contribution in [0.3, 0.4) is 0 Å². The maximum atomic E-state index is 12.9. The number of benzene rings is 1. The zero-order valence-electron chi connectivity index (χ0n) is 21.2. The first-order valence-electron chi connectivity index (χ1n) is 12.6. The average Bonchev–Trinajstić information content (AvgIpc) is 3.45. The first kappa shape index (κ1) is 27.8. The number of amides is 3. The summed E-state index contributed by atoms with van der Waals surface area (Å²) in [6.07, 6.45) is 1.00. The van der Waals surface area contributed by atoms with Crippen LogP contribution in [-0.2, 0) is 17.5 Å². The summed E-state index contributed by atoms with van der Waals surface area (Å²) >= 11 is 0. The second-order valence-corrected chi connectivity index (χ2v) is 9.27. The van der Waals surface area contributed by atoms with Gasteiger partial charge in [-0.25, -0.2) is 9.97 Å². The Morgan fingerprint density at radius 1 is 1.05 bits per heavy atom. The number of furan rings is 1. The van der Waals surface area contributed by atoms with Gasteiger partial charge in [-0.1, -0.05) is 37.5 Å². The summed E-state index contributed by atoms with van der Waals surface area (Å²) < 4.78 is 44.3. The van der Waals surface area contributed by atoms with Crippen molar-refractivity contribution in [3.05, 3.63) is 71.5 Å². The number of halogens is 3. The molecule has 2 heterocycles. The van der Waals surface area contributed by atoms with Crippen molar-refractivity contribution in [2.75, 3.05) is 7.05 Å². The number of hydrogen-bond donors (Lipinski definition) is 3. The smallest absolute Gasteiger partial charge is 0.451 e. The SMILES string of the molecule is CNC(=O)[C@@H](NC(=O)c1ccc(-c2cccc(CNC(=O)c3ccnc(C(F)(F)F)n3)c2)o1)C1CCCCC1. The van der Waals surface area contributed by atoms with Crippen LogP contribution in [0.1, 0.15) is 64.5 Å². The maximum absolute atomic E-state index is 12.9. The molecule has 2 aromatic heterocycles. The van der Waals surface area contributed by atoms with Crippen molar-refractivity contribution < 1.29 is 32.0 Å². The molecule has 3 N–H and O–H groups in total. The van der Waals surface area contributed by atoms with E-state index in [1.54, 1.807) is 30.3 Å². The number of likely N-dealkylation sites (N-methyl/N-ethyl adjacent to an activating group) is 1. The topological polar surface area (TPSA) is 126 Å². The Hall–Kier alpha value is -4.22. The molecule has 1 saturated carbocycles. The van der Waals surface area contributed by atoms with Gasteiger partial charge < -0.3 is 20.4 Å². The summed E-state index contributed by atoms with van der Waals surface area (Å²) in [6.45, 7) is 0.0152. The molecule has 12 heteroatoms. The van der Waals surface area contributed by atoms with Crippen LogP contribution in [0.4, 0.5) is 13.2 Å². The number of carbonyl (C=O) groups is 3. The predicted molar refractivity (Wildman–Crippen MR) is 134 cm³/mol. The van der Waals surface area contributed by atoms with E-state index >= 15 is 0 Å². The van der Waals surface area contributed by atoms with Crippen molar-refractivity contribution in [2.45, 2.75) is 50.9 Å². The molecule has 3 amide bonds. The van der Waals surface area contributed by atoms with Gasteiger partial charge in [0.05, 0.1) is 0 Å². The Bertz CT molecular complexity index is 1330. The minimum absolute atomic E-state index is 0.0152. The van der Waals surface area contributed by atoms with E-state index in [1.165, 1.54) is 13.1 Å². The van der Waals surface area contributed by atoms with Crippen molar-refractivity contribution >= 4 is 17.7 Å². The number of nitrogens with one attached hydrogen (secondary N) is 3. The summed E-state index contributed by atoms with van der Waals surface area (Å²) in [6, 6.07) is 10.5. The molecule has 0 spiro atoms. The van der Waals surface area contributed by atoms with E-state index in [1.807, 2.05) is 0 Å². The molecule has 1 aromatic carbocycles. The van der Waals surface area contributed by atoms with Gasteiger partial charge in [-0.15, -0.1) is 0 Å². The zero-order chi connectivity index (χ0) is 28.0. The van der Waals surface area contributed by atoms with E-state index < -0.39 is 35.6 Å². The van der Waals surface area contributed by atoms with Gasteiger partial charge in [0.25, 0.3) is 11.8 Å². The molecule has 3 aromatic rings. The Morgan fingerprint density at radius 3 is 2.54 bits per heavy atom. The van der Waals surface area contributed by atoms with Crippen LogP contribution in [-0.4, -0.2) is 40.8 Å². The average molecular weight is 544 g/mol. The summed E-state index contributed by atoms with van der Waals surface area (Å²) in [4.78, 5) is 44.1. The molecule has 206 valence electrons. The number of aromatic nitrogens is 2. The lowest BCUT2D eigenvalue weighted by Gasteiger charge is -2.29. The molecule has 1 fully saturated rings. The molecule has 9 nitrogen and oxygen atoms in total. The molecule has 0 saturated heterocycles. The highest BCUT2D eigenvalue weighted by atomic mass is 19.4. The monoisotopic (exact) mass is 543 g/mol. The molecular formula is C27H28F3N5O4. The highest BCUT2D eigenvalue weighted by Gasteiger charge is 2.35. The quantitative estimate of drug-likeness (QED) is 0.393. The third kappa shape index (κ3) is 7.01. The van der Waals surface area contributed by atoms with E-state index in [0.29, 0.717) is 16.9 Å². The third-order valence-electron chi connectivity index (χ3n) is 6.57. The van der Waals surface area contributed by atoms with Gasteiger partial charge in [0.15, 0.2) is 5.76 Å².